The molecule has 2 aromatic heterocycles. The number of amides is 1. The molecular formula is C22H20N4OS. The SMILES string of the molecule is CCn1cc(/C=N\NC(=O)c2nc(-c3ccccc3)sc2C)c2ccccc21. The Morgan fingerprint density at radius 1 is 1.18 bits per heavy atom. The molecule has 0 saturated carbocycles. The van der Waals surface area contributed by atoms with Gasteiger partial charge in [0.05, 0.1) is 6.21 Å². The molecule has 1 N–H and O–H groups in total. The zero-order valence-corrected chi connectivity index (χ0v) is 16.5. The van der Waals surface area contributed by atoms with Crippen LogP contribution >= 0.6 is 11.3 Å². The van der Waals surface area contributed by atoms with Gasteiger partial charge in [-0.05, 0) is 19.9 Å². The van der Waals surface area contributed by atoms with E-state index in [9.17, 15) is 4.79 Å². The molecule has 0 aliphatic heterocycles. The second-order valence-corrected chi connectivity index (χ2v) is 7.58. The zero-order valence-electron chi connectivity index (χ0n) is 15.7. The third-order valence-corrected chi connectivity index (χ3v) is 5.58. The van der Waals surface area contributed by atoms with Gasteiger partial charge >= 0.3 is 0 Å². The van der Waals surface area contributed by atoms with Crippen molar-refractivity contribution in [3.63, 3.8) is 0 Å². The van der Waals surface area contributed by atoms with E-state index in [1.54, 1.807) is 6.21 Å². The predicted octanol–water partition coefficient (Wildman–Crippen LogP) is 4.86. The summed E-state index contributed by atoms with van der Waals surface area (Å²) in [6.07, 6.45) is 3.73. The lowest BCUT2D eigenvalue weighted by atomic mass is 10.2. The van der Waals surface area contributed by atoms with E-state index < -0.39 is 0 Å². The van der Waals surface area contributed by atoms with Crippen LogP contribution in [-0.4, -0.2) is 21.7 Å². The summed E-state index contributed by atoms with van der Waals surface area (Å²) >= 11 is 1.51. The summed E-state index contributed by atoms with van der Waals surface area (Å²) in [6, 6.07) is 18.0. The number of aryl methyl sites for hydroxylation is 2. The van der Waals surface area contributed by atoms with Gasteiger partial charge in [-0.25, -0.2) is 10.4 Å². The highest BCUT2D eigenvalue weighted by Crippen LogP contribution is 2.27. The molecule has 6 heteroatoms. The number of thiazole rings is 1. The maximum atomic E-state index is 12.5. The van der Waals surface area contributed by atoms with Gasteiger partial charge in [0.25, 0.3) is 5.91 Å². The maximum absolute atomic E-state index is 12.5. The van der Waals surface area contributed by atoms with E-state index in [-0.39, 0.29) is 5.91 Å². The van der Waals surface area contributed by atoms with E-state index in [1.165, 1.54) is 11.3 Å². The summed E-state index contributed by atoms with van der Waals surface area (Å²) in [7, 11) is 0. The first-order chi connectivity index (χ1) is 13.7. The highest BCUT2D eigenvalue weighted by molar-refractivity contribution is 7.15. The molecule has 0 spiro atoms. The molecule has 0 fully saturated rings. The van der Waals surface area contributed by atoms with Gasteiger partial charge in [-0.2, -0.15) is 5.10 Å². The molecule has 0 atom stereocenters. The monoisotopic (exact) mass is 388 g/mol. The lowest BCUT2D eigenvalue weighted by molar-refractivity contribution is 0.0950. The molecule has 0 radical (unpaired) electrons. The molecule has 28 heavy (non-hydrogen) atoms. The molecule has 0 aliphatic carbocycles. The van der Waals surface area contributed by atoms with E-state index in [0.717, 1.165) is 38.5 Å². The summed E-state index contributed by atoms with van der Waals surface area (Å²) in [5.41, 5.74) is 6.15. The quantitative estimate of drug-likeness (QED) is 0.392. The third kappa shape index (κ3) is 3.46. The summed E-state index contributed by atoms with van der Waals surface area (Å²) < 4.78 is 2.16. The van der Waals surface area contributed by atoms with Crippen molar-refractivity contribution >= 4 is 34.4 Å². The molecule has 0 saturated heterocycles. The number of carbonyl (C=O) groups is 1. The van der Waals surface area contributed by atoms with Crippen molar-refractivity contribution in [2.45, 2.75) is 20.4 Å². The van der Waals surface area contributed by atoms with E-state index >= 15 is 0 Å². The van der Waals surface area contributed by atoms with Crippen LogP contribution in [0.4, 0.5) is 0 Å². The minimum atomic E-state index is -0.300. The van der Waals surface area contributed by atoms with E-state index in [0.29, 0.717) is 5.69 Å². The molecule has 4 rings (SSSR count). The normalized spacial score (nSPS) is 11.4. The fraction of sp³-hybridized carbons (Fsp3) is 0.136. The first-order valence-corrected chi connectivity index (χ1v) is 9.93. The molecule has 5 nitrogen and oxygen atoms in total. The van der Waals surface area contributed by atoms with Crippen molar-refractivity contribution in [3.05, 3.63) is 76.9 Å². The second-order valence-electron chi connectivity index (χ2n) is 6.38. The summed E-state index contributed by atoms with van der Waals surface area (Å²) in [6.45, 7) is 4.88. The van der Waals surface area contributed by atoms with Crippen LogP contribution in [0.25, 0.3) is 21.5 Å². The van der Waals surface area contributed by atoms with Crippen LogP contribution in [0.2, 0.25) is 0 Å². The number of para-hydroxylation sites is 1. The average Bonchev–Trinajstić information content (AvgIpc) is 3.29. The van der Waals surface area contributed by atoms with Gasteiger partial charge in [-0.1, -0.05) is 48.5 Å². The van der Waals surface area contributed by atoms with Gasteiger partial charge in [-0.3, -0.25) is 4.79 Å². The molecule has 0 aliphatic rings. The van der Waals surface area contributed by atoms with Crippen LogP contribution in [0.15, 0.2) is 65.9 Å². The smallest absolute Gasteiger partial charge is 0.291 e. The number of fused-ring (bicyclic) bond motifs is 1. The van der Waals surface area contributed by atoms with Crippen molar-refractivity contribution in [1.82, 2.24) is 15.0 Å². The van der Waals surface area contributed by atoms with Gasteiger partial charge in [0.15, 0.2) is 0 Å². The Labute approximate surface area is 167 Å². The number of benzene rings is 2. The van der Waals surface area contributed by atoms with Crippen LogP contribution in [0.3, 0.4) is 0 Å². The van der Waals surface area contributed by atoms with Crippen molar-refractivity contribution in [3.8, 4) is 10.6 Å². The Bertz CT molecular complexity index is 1160. The summed E-state index contributed by atoms with van der Waals surface area (Å²) in [4.78, 5) is 17.9. The Morgan fingerprint density at radius 2 is 1.93 bits per heavy atom. The molecule has 140 valence electrons. The maximum Gasteiger partial charge on any atom is 0.291 e. The second kappa shape index (κ2) is 7.78. The van der Waals surface area contributed by atoms with Gasteiger partial charge in [0, 0.05) is 39.6 Å². The molecule has 0 bridgehead atoms. The first kappa shape index (κ1) is 18.1. The minimum absolute atomic E-state index is 0.300. The fourth-order valence-electron chi connectivity index (χ4n) is 3.16. The number of rotatable bonds is 5. The van der Waals surface area contributed by atoms with Crippen molar-refractivity contribution in [2.24, 2.45) is 5.10 Å². The van der Waals surface area contributed by atoms with Gasteiger partial charge in [-0.15, -0.1) is 11.3 Å². The van der Waals surface area contributed by atoms with Gasteiger partial charge < -0.3 is 4.57 Å². The highest BCUT2D eigenvalue weighted by atomic mass is 32.1. The third-order valence-electron chi connectivity index (χ3n) is 4.56. The number of nitrogens with one attached hydrogen (secondary N) is 1. The molecule has 0 unspecified atom stereocenters. The van der Waals surface area contributed by atoms with E-state index in [2.05, 4.69) is 39.1 Å². The molecule has 4 aromatic rings. The van der Waals surface area contributed by atoms with Crippen LogP contribution in [0.5, 0.6) is 0 Å². The minimum Gasteiger partial charge on any atom is -0.347 e. The fourth-order valence-corrected chi connectivity index (χ4v) is 4.08. The van der Waals surface area contributed by atoms with Crippen molar-refractivity contribution in [1.29, 1.82) is 0 Å². The van der Waals surface area contributed by atoms with Crippen LogP contribution in [-0.2, 0) is 6.54 Å². The van der Waals surface area contributed by atoms with Crippen LogP contribution in [0.1, 0.15) is 27.9 Å². The molecular weight excluding hydrogens is 368 g/mol. The van der Waals surface area contributed by atoms with Gasteiger partial charge in [0.1, 0.15) is 10.7 Å². The molecule has 2 heterocycles. The molecule has 1 amide bonds. The Balaban J connectivity index is 1.53. The van der Waals surface area contributed by atoms with E-state index in [4.69, 9.17) is 0 Å². The molecule has 2 aromatic carbocycles. The van der Waals surface area contributed by atoms with Crippen molar-refractivity contribution in [2.75, 3.05) is 0 Å². The number of aromatic nitrogens is 2. The largest absolute Gasteiger partial charge is 0.347 e. The number of carbonyl (C=O) groups excluding carboxylic acids is 1. The highest BCUT2D eigenvalue weighted by Gasteiger charge is 2.16. The van der Waals surface area contributed by atoms with Crippen LogP contribution in [0, 0.1) is 6.92 Å². The topological polar surface area (TPSA) is 59.3 Å². The standard InChI is InChI=1S/C22H20N4OS/c1-3-26-14-17(18-11-7-8-12-19(18)26)13-23-25-21(27)20-15(2)28-22(24-20)16-9-5-4-6-10-16/h4-14H,3H2,1-2H3,(H,25,27)/b23-13-. The Morgan fingerprint density at radius 3 is 2.71 bits per heavy atom. The van der Waals surface area contributed by atoms with E-state index in [1.807, 2.05) is 55.6 Å². The lowest BCUT2D eigenvalue weighted by Gasteiger charge is -1.97. The number of hydrogen-bond acceptors (Lipinski definition) is 4. The summed E-state index contributed by atoms with van der Waals surface area (Å²) in [5, 5.41) is 6.11. The summed E-state index contributed by atoms with van der Waals surface area (Å²) in [5.74, 6) is -0.300. The number of hydrazone groups is 1. The Kier molecular flexibility index (Phi) is 5.04. The van der Waals surface area contributed by atoms with Crippen molar-refractivity contribution < 1.29 is 4.79 Å². The van der Waals surface area contributed by atoms with Gasteiger partial charge in [0.2, 0.25) is 0 Å². The average molecular weight is 388 g/mol. The first-order valence-electron chi connectivity index (χ1n) is 9.11. The predicted molar refractivity (Wildman–Crippen MR) is 115 cm³/mol. The Hall–Kier alpha value is -3.25. The number of hydrogen-bond donors (Lipinski definition) is 1. The number of nitrogens with zero attached hydrogens (tertiary/aromatic N) is 3. The zero-order chi connectivity index (χ0) is 19.5. The lowest BCUT2D eigenvalue weighted by Crippen LogP contribution is -2.18. The van der Waals surface area contributed by atoms with Crippen LogP contribution < -0.4 is 5.43 Å².